The average molecular weight is 419 g/mol. The van der Waals surface area contributed by atoms with Gasteiger partial charge in [0.25, 0.3) is 5.88 Å². The van der Waals surface area contributed by atoms with Gasteiger partial charge < -0.3 is 14.2 Å². The number of carbonyl (C=O) groups is 1. The van der Waals surface area contributed by atoms with E-state index in [-0.39, 0.29) is 29.6 Å². The van der Waals surface area contributed by atoms with Crippen molar-refractivity contribution in [1.29, 1.82) is 0 Å². The lowest BCUT2D eigenvalue weighted by Crippen LogP contribution is -2.12. The third-order valence-corrected chi connectivity index (χ3v) is 3.85. The molecule has 3 aromatic rings. The van der Waals surface area contributed by atoms with Gasteiger partial charge in [-0.3, -0.25) is 0 Å². The highest BCUT2D eigenvalue weighted by atomic mass is 19.4. The van der Waals surface area contributed by atoms with Gasteiger partial charge in [-0.25, -0.2) is 4.79 Å². The summed E-state index contributed by atoms with van der Waals surface area (Å²) in [5.74, 6) is -0.204. The van der Waals surface area contributed by atoms with Crippen LogP contribution in [-0.2, 0) is 10.9 Å². The summed E-state index contributed by atoms with van der Waals surface area (Å²) in [6, 6.07) is 10.8. The maximum atomic E-state index is 12.8. The van der Waals surface area contributed by atoms with E-state index in [1.165, 1.54) is 19.2 Å². The lowest BCUT2D eigenvalue weighted by atomic mass is 10.1. The van der Waals surface area contributed by atoms with Gasteiger partial charge in [0.15, 0.2) is 5.82 Å². The number of esters is 1. The number of carbonyl (C=O) groups excluding carboxylic acids is 1. The number of hydrogen-bond donors (Lipinski definition) is 0. The Bertz CT molecular complexity index is 1040. The van der Waals surface area contributed by atoms with Gasteiger partial charge in [-0.05, 0) is 31.2 Å². The van der Waals surface area contributed by atoms with Gasteiger partial charge in [-0.2, -0.15) is 18.2 Å². The standard InChI is InChI=1S/C20H16F3N3O4/c1-3-29-19(27)16-18(30-15-6-4-5-14(11-15)28-2)24-17(26-25-16)12-7-9-13(10-8-12)20(21,22)23/h4-11H,3H2,1-2H3. The number of nitrogens with zero attached hydrogens (tertiary/aromatic N) is 3. The second-order valence-corrected chi connectivity index (χ2v) is 5.87. The van der Waals surface area contributed by atoms with Crippen LogP contribution in [0, 0.1) is 0 Å². The minimum atomic E-state index is -4.47. The molecule has 0 aliphatic rings. The Morgan fingerprint density at radius 3 is 2.37 bits per heavy atom. The monoisotopic (exact) mass is 419 g/mol. The first-order valence-electron chi connectivity index (χ1n) is 8.73. The maximum absolute atomic E-state index is 12.8. The molecule has 0 saturated carbocycles. The highest BCUT2D eigenvalue weighted by Gasteiger charge is 2.30. The zero-order chi connectivity index (χ0) is 21.7. The molecule has 0 aliphatic heterocycles. The molecule has 0 aliphatic carbocycles. The molecule has 0 atom stereocenters. The second kappa shape index (κ2) is 8.76. The van der Waals surface area contributed by atoms with Crippen molar-refractivity contribution in [2.24, 2.45) is 0 Å². The van der Waals surface area contributed by atoms with Gasteiger partial charge in [0.05, 0.1) is 19.3 Å². The van der Waals surface area contributed by atoms with E-state index in [1.807, 2.05) is 0 Å². The van der Waals surface area contributed by atoms with Crippen LogP contribution in [0.4, 0.5) is 13.2 Å². The fourth-order valence-electron chi connectivity index (χ4n) is 2.42. The summed E-state index contributed by atoms with van der Waals surface area (Å²) >= 11 is 0. The Morgan fingerprint density at radius 2 is 1.73 bits per heavy atom. The molecule has 0 saturated heterocycles. The number of methoxy groups -OCH3 is 1. The Morgan fingerprint density at radius 1 is 1.03 bits per heavy atom. The summed E-state index contributed by atoms with van der Waals surface area (Å²) in [6.45, 7) is 1.72. The zero-order valence-corrected chi connectivity index (χ0v) is 15.9. The summed E-state index contributed by atoms with van der Waals surface area (Å²) < 4.78 is 54.1. The largest absolute Gasteiger partial charge is 0.497 e. The minimum Gasteiger partial charge on any atom is -0.497 e. The molecule has 0 fully saturated rings. The number of aromatic nitrogens is 3. The average Bonchev–Trinajstić information content (AvgIpc) is 2.73. The van der Waals surface area contributed by atoms with Crippen LogP contribution in [0.3, 0.4) is 0 Å². The van der Waals surface area contributed by atoms with Gasteiger partial charge in [0.2, 0.25) is 5.69 Å². The normalized spacial score (nSPS) is 11.1. The van der Waals surface area contributed by atoms with Crippen LogP contribution in [0.2, 0.25) is 0 Å². The van der Waals surface area contributed by atoms with Gasteiger partial charge in [-0.1, -0.05) is 18.2 Å². The molecule has 156 valence electrons. The van der Waals surface area contributed by atoms with Gasteiger partial charge >= 0.3 is 12.1 Å². The third kappa shape index (κ3) is 4.83. The van der Waals surface area contributed by atoms with E-state index < -0.39 is 17.7 Å². The second-order valence-electron chi connectivity index (χ2n) is 5.87. The van der Waals surface area contributed by atoms with Crippen LogP contribution < -0.4 is 9.47 Å². The number of benzene rings is 2. The van der Waals surface area contributed by atoms with Crippen molar-refractivity contribution in [2.45, 2.75) is 13.1 Å². The van der Waals surface area contributed by atoms with E-state index in [9.17, 15) is 18.0 Å². The summed E-state index contributed by atoms with van der Waals surface area (Å²) in [5, 5.41) is 7.65. The summed E-state index contributed by atoms with van der Waals surface area (Å²) in [7, 11) is 1.48. The van der Waals surface area contributed by atoms with Crippen LogP contribution in [0.5, 0.6) is 17.4 Å². The molecule has 0 radical (unpaired) electrons. The first-order valence-corrected chi connectivity index (χ1v) is 8.73. The molecule has 7 nitrogen and oxygen atoms in total. The zero-order valence-electron chi connectivity index (χ0n) is 15.9. The number of halogens is 3. The van der Waals surface area contributed by atoms with Crippen molar-refractivity contribution < 1.29 is 32.2 Å². The molecule has 0 spiro atoms. The van der Waals surface area contributed by atoms with E-state index in [4.69, 9.17) is 14.2 Å². The molecule has 0 amide bonds. The number of alkyl halides is 3. The smallest absolute Gasteiger partial charge is 0.416 e. The lowest BCUT2D eigenvalue weighted by Gasteiger charge is -2.11. The molecule has 1 heterocycles. The molecule has 30 heavy (non-hydrogen) atoms. The predicted molar refractivity (Wildman–Crippen MR) is 99.3 cm³/mol. The fourth-order valence-corrected chi connectivity index (χ4v) is 2.42. The Labute approximate surface area is 169 Å². The van der Waals surface area contributed by atoms with Crippen LogP contribution in [0.25, 0.3) is 11.4 Å². The van der Waals surface area contributed by atoms with Crippen LogP contribution >= 0.6 is 0 Å². The lowest BCUT2D eigenvalue weighted by molar-refractivity contribution is -0.137. The first kappa shape index (κ1) is 21.0. The summed E-state index contributed by atoms with van der Waals surface area (Å²) in [6.07, 6.45) is -4.47. The molecule has 3 rings (SSSR count). The van der Waals surface area contributed by atoms with Crippen LogP contribution in [0.15, 0.2) is 48.5 Å². The molecule has 0 bridgehead atoms. The van der Waals surface area contributed by atoms with Crippen molar-refractivity contribution >= 4 is 5.97 Å². The summed E-state index contributed by atoms with van der Waals surface area (Å²) in [4.78, 5) is 16.4. The SMILES string of the molecule is CCOC(=O)c1nnc(-c2ccc(C(F)(F)F)cc2)nc1Oc1cccc(OC)c1. The van der Waals surface area contributed by atoms with Crippen molar-refractivity contribution in [1.82, 2.24) is 15.2 Å². The third-order valence-electron chi connectivity index (χ3n) is 3.85. The van der Waals surface area contributed by atoms with Gasteiger partial charge in [0.1, 0.15) is 11.5 Å². The minimum absolute atomic E-state index is 0.0188. The van der Waals surface area contributed by atoms with Gasteiger partial charge in [0, 0.05) is 11.6 Å². The molecular formula is C20H16F3N3O4. The number of rotatable bonds is 6. The molecule has 0 unspecified atom stereocenters. The Hall–Kier alpha value is -3.69. The van der Waals surface area contributed by atoms with Crippen molar-refractivity contribution in [2.75, 3.05) is 13.7 Å². The Balaban J connectivity index is 2.00. The maximum Gasteiger partial charge on any atom is 0.416 e. The predicted octanol–water partition coefficient (Wildman–Crippen LogP) is 4.54. The van der Waals surface area contributed by atoms with Crippen molar-refractivity contribution in [3.05, 3.63) is 59.8 Å². The quantitative estimate of drug-likeness (QED) is 0.543. The summed E-state index contributed by atoms with van der Waals surface area (Å²) in [5.41, 5.74) is -0.813. The van der Waals surface area contributed by atoms with Crippen molar-refractivity contribution in [3.8, 4) is 28.8 Å². The Kier molecular flexibility index (Phi) is 6.14. The molecule has 1 aromatic heterocycles. The topological polar surface area (TPSA) is 83.4 Å². The van der Waals surface area contributed by atoms with E-state index in [0.29, 0.717) is 11.5 Å². The highest BCUT2D eigenvalue weighted by Crippen LogP contribution is 2.31. The van der Waals surface area contributed by atoms with Crippen LogP contribution in [0.1, 0.15) is 23.0 Å². The van der Waals surface area contributed by atoms with Crippen LogP contribution in [-0.4, -0.2) is 34.9 Å². The number of ether oxygens (including phenoxy) is 3. The molecule has 10 heteroatoms. The highest BCUT2D eigenvalue weighted by molar-refractivity contribution is 5.89. The number of hydrogen-bond acceptors (Lipinski definition) is 7. The molecule has 0 N–H and O–H groups in total. The molecule has 2 aromatic carbocycles. The van der Waals surface area contributed by atoms with E-state index in [2.05, 4.69) is 15.2 Å². The van der Waals surface area contributed by atoms with E-state index >= 15 is 0 Å². The first-order chi connectivity index (χ1) is 14.3. The van der Waals surface area contributed by atoms with Crippen molar-refractivity contribution in [3.63, 3.8) is 0 Å². The fraction of sp³-hybridized carbons (Fsp3) is 0.200. The van der Waals surface area contributed by atoms with E-state index in [1.54, 1.807) is 31.2 Å². The van der Waals surface area contributed by atoms with E-state index in [0.717, 1.165) is 12.1 Å². The molecular weight excluding hydrogens is 403 g/mol. The van der Waals surface area contributed by atoms with Gasteiger partial charge in [-0.15, -0.1) is 10.2 Å².